The molecule has 15 nitrogen and oxygen atoms in total. The number of hydrogen-bond acceptors (Lipinski definition) is 12. The molecular weight excluding hydrogens is 869 g/mol. The third kappa shape index (κ3) is 9.76. The Morgan fingerprint density at radius 1 is 1.12 bits per heavy atom. The average molecular weight is 935 g/mol. The van der Waals surface area contributed by atoms with E-state index in [1.54, 1.807) is 28.1 Å². The second-order valence-electron chi connectivity index (χ2n) is 20.0. The molecule has 0 radical (unpaired) electrons. The van der Waals surface area contributed by atoms with Crippen LogP contribution in [0, 0.1) is 17.3 Å². The van der Waals surface area contributed by atoms with E-state index in [-0.39, 0.29) is 56.0 Å². The number of rotatable bonds is 9. The molecule has 8 rings (SSSR count). The monoisotopic (exact) mass is 934 g/mol. The number of likely N-dealkylation sites (tertiary alicyclic amines) is 2. The van der Waals surface area contributed by atoms with Gasteiger partial charge in [-0.15, -0.1) is 11.3 Å². The first-order valence-electron chi connectivity index (χ1n) is 23.7. The summed E-state index contributed by atoms with van der Waals surface area (Å²) in [5.74, 6) is 4.72. The van der Waals surface area contributed by atoms with Gasteiger partial charge in [-0.3, -0.25) is 34.1 Å². The van der Waals surface area contributed by atoms with E-state index >= 15 is 4.79 Å². The Hall–Kier alpha value is -5.18. The van der Waals surface area contributed by atoms with E-state index in [1.807, 2.05) is 51.2 Å². The Morgan fingerprint density at radius 2 is 1.91 bits per heavy atom. The normalized spacial score (nSPS) is 21.8. The molecule has 3 atom stereocenters. The average Bonchev–Trinajstić information content (AvgIpc) is 4.03. The van der Waals surface area contributed by atoms with Crippen molar-refractivity contribution in [1.82, 2.24) is 39.7 Å². The number of fused-ring (bicyclic) bond motifs is 6. The summed E-state index contributed by atoms with van der Waals surface area (Å²) in [7, 11) is 5.54. The molecule has 4 aliphatic rings. The number of thiazole rings is 1. The molecule has 0 aliphatic carbocycles. The van der Waals surface area contributed by atoms with Crippen LogP contribution < -0.4 is 5.43 Å². The minimum absolute atomic E-state index is 0.0737. The summed E-state index contributed by atoms with van der Waals surface area (Å²) < 4.78 is 20.4. The predicted octanol–water partition coefficient (Wildman–Crippen LogP) is 6.04. The maximum atomic E-state index is 15.1. The number of methoxy groups -OCH3 is 1. The van der Waals surface area contributed by atoms with Crippen molar-refractivity contribution in [2.24, 2.45) is 5.41 Å². The zero-order valence-electron chi connectivity index (χ0n) is 40.6. The van der Waals surface area contributed by atoms with E-state index in [2.05, 4.69) is 66.9 Å². The summed E-state index contributed by atoms with van der Waals surface area (Å²) in [5, 5.41) is 5.41. The summed E-state index contributed by atoms with van der Waals surface area (Å²) >= 11 is 1.49. The van der Waals surface area contributed by atoms with Crippen molar-refractivity contribution in [2.75, 3.05) is 60.6 Å². The molecule has 3 saturated heterocycles. The van der Waals surface area contributed by atoms with Gasteiger partial charge in [-0.25, -0.2) is 10.4 Å². The molecular formula is C51H66N8O7S. The maximum Gasteiger partial charge on any atom is 0.324 e. The van der Waals surface area contributed by atoms with Crippen molar-refractivity contribution in [3.05, 3.63) is 58.2 Å². The number of nitrogens with zero attached hydrogens (tertiary/aromatic N) is 7. The molecule has 1 spiro atoms. The topological polar surface area (TPSA) is 152 Å². The van der Waals surface area contributed by atoms with E-state index < -0.39 is 28.5 Å². The molecule has 4 aromatic rings. The zero-order chi connectivity index (χ0) is 47.8. The second kappa shape index (κ2) is 19.4. The number of amides is 3. The molecule has 3 amide bonds. The van der Waals surface area contributed by atoms with Crippen LogP contribution in [-0.2, 0) is 52.8 Å². The van der Waals surface area contributed by atoms with Gasteiger partial charge in [0.05, 0.1) is 59.5 Å². The van der Waals surface area contributed by atoms with Crippen molar-refractivity contribution in [3.63, 3.8) is 0 Å². The van der Waals surface area contributed by atoms with Crippen molar-refractivity contribution in [1.29, 1.82) is 0 Å². The van der Waals surface area contributed by atoms with Crippen LogP contribution in [0.25, 0.3) is 33.4 Å². The fourth-order valence-corrected chi connectivity index (χ4v) is 10.7. The summed E-state index contributed by atoms with van der Waals surface area (Å²) in [4.78, 5) is 71.5. The lowest BCUT2D eigenvalue weighted by Crippen LogP contribution is -2.65. The SMILES string of the molecule is CCn1c(-c2cccnc2[C@H](C)OC)c2c3cc(ccc31)-c1csc(n1)C[C@@]1(CCCN1C(=O)CCOC1CN(C(=O)C#CC(C)(C)N(C)C)C1)C(=O)N1CCC[C@H](N1)C(=O)OCC(C)(C)C2. The second-order valence-corrected chi connectivity index (χ2v) is 20.9. The Morgan fingerprint density at radius 3 is 2.66 bits per heavy atom. The van der Waals surface area contributed by atoms with Gasteiger partial charge in [-0.2, -0.15) is 0 Å². The number of esters is 1. The fraction of sp³-hybridized carbons (Fsp3) is 0.569. The summed E-state index contributed by atoms with van der Waals surface area (Å²) in [5.41, 5.74) is 7.94. The van der Waals surface area contributed by atoms with Gasteiger partial charge in [0.1, 0.15) is 11.6 Å². The Bertz CT molecular complexity index is 2580. The van der Waals surface area contributed by atoms with Gasteiger partial charge in [-0.1, -0.05) is 25.8 Å². The zero-order valence-corrected chi connectivity index (χ0v) is 41.4. The molecule has 358 valence electrons. The number of pyridine rings is 1. The highest BCUT2D eigenvalue weighted by Crippen LogP contribution is 2.43. The summed E-state index contributed by atoms with van der Waals surface area (Å²) in [6.45, 7) is 14.9. The molecule has 1 aromatic carbocycles. The largest absolute Gasteiger partial charge is 0.464 e. The smallest absolute Gasteiger partial charge is 0.324 e. The lowest BCUT2D eigenvalue weighted by Gasteiger charge is -2.43. The third-order valence-electron chi connectivity index (χ3n) is 14.2. The van der Waals surface area contributed by atoms with Crippen LogP contribution in [0.15, 0.2) is 41.9 Å². The first-order valence-corrected chi connectivity index (χ1v) is 24.6. The van der Waals surface area contributed by atoms with Gasteiger partial charge in [0, 0.05) is 85.3 Å². The number of hydrazine groups is 1. The van der Waals surface area contributed by atoms with Crippen LogP contribution in [0.4, 0.5) is 0 Å². The highest BCUT2D eigenvalue weighted by atomic mass is 32.1. The number of cyclic esters (lactones) is 1. The highest BCUT2D eigenvalue weighted by molar-refractivity contribution is 7.10. The van der Waals surface area contributed by atoms with E-state index in [9.17, 15) is 14.4 Å². The summed E-state index contributed by atoms with van der Waals surface area (Å²) in [6, 6.07) is 9.82. The first-order chi connectivity index (χ1) is 31.9. The molecule has 16 heteroatoms. The number of ether oxygens (including phenoxy) is 3. The Labute approximate surface area is 398 Å². The molecule has 67 heavy (non-hydrogen) atoms. The van der Waals surface area contributed by atoms with Crippen molar-refractivity contribution >= 4 is 45.9 Å². The first kappa shape index (κ1) is 48.3. The third-order valence-corrected chi connectivity index (χ3v) is 15.0. The molecule has 3 aromatic heterocycles. The van der Waals surface area contributed by atoms with Crippen LogP contribution in [-0.4, -0.2) is 142 Å². The number of carbonyl (C=O) groups is 4. The standard InChI is InChI=1S/C51H66N8O7S/c1-10-57-41-17-16-34-26-37(41)38(46(57)36-14-11-22-52-45(36)33(2)64-9)27-49(3,4)32-66-47(62)39-15-12-24-59(54-39)48(63)51(28-42-53-40(34)31-67-42)20-13-23-58(51)44(61)19-25-65-35-29-56(30-35)43(60)18-21-50(5,6)55(7)8/h11,14,16-17,22,26,31,33,35,39,54H,10,12-13,15,19-20,23-25,27-30,32H2,1-9H3/t33-,39-,51-/m0/s1. The maximum absolute atomic E-state index is 15.1. The number of aryl methyl sites for hydroxylation is 1. The van der Waals surface area contributed by atoms with Gasteiger partial charge in [0.15, 0.2) is 0 Å². The van der Waals surface area contributed by atoms with Gasteiger partial charge in [-0.05, 0) is 110 Å². The summed E-state index contributed by atoms with van der Waals surface area (Å²) in [6.07, 6.45) is 4.44. The molecule has 7 heterocycles. The van der Waals surface area contributed by atoms with Gasteiger partial charge in [0.2, 0.25) is 5.91 Å². The molecule has 6 bridgehead atoms. The van der Waals surface area contributed by atoms with Gasteiger partial charge in [0.25, 0.3) is 11.8 Å². The lowest BCUT2D eigenvalue weighted by atomic mass is 9.84. The number of aromatic nitrogens is 3. The lowest BCUT2D eigenvalue weighted by molar-refractivity contribution is -0.161. The van der Waals surface area contributed by atoms with Crippen molar-refractivity contribution in [3.8, 4) is 34.4 Å². The predicted molar refractivity (Wildman–Crippen MR) is 258 cm³/mol. The Balaban J connectivity index is 1.10. The molecule has 4 aliphatic heterocycles. The molecule has 0 saturated carbocycles. The van der Waals surface area contributed by atoms with Gasteiger partial charge >= 0.3 is 5.97 Å². The van der Waals surface area contributed by atoms with Crippen LogP contribution in [0.1, 0.15) is 96.0 Å². The van der Waals surface area contributed by atoms with Crippen molar-refractivity contribution in [2.45, 2.75) is 122 Å². The fourth-order valence-electron chi connectivity index (χ4n) is 9.75. The van der Waals surface area contributed by atoms with E-state index in [1.165, 1.54) is 11.3 Å². The molecule has 3 fully saturated rings. The number of hydrogen-bond donors (Lipinski definition) is 1. The molecule has 0 unspecified atom stereocenters. The Kier molecular flexibility index (Phi) is 14.0. The van der Waals surface area contributed by atoms with E-state index in [0.29, 0.717) is 64.8 Å². The van der Waals surface area contributed by atoms with Gasteiger partial charge < -0.3 is 28.6 Å². The number of benzene rings is 1. The number of nitrogens with one attached hydrogen (secondary N) is 1. The van der Waals surface area contributed by atoms with Crippen molar-refractivity contribution < 1.29 is 33.4 Å². The molecule has 1 N–H and O–H groups in total. The van der Waals surface area contributed by atoms with Crippen LogP contribution in [0.5, 0.6) is 0 Å². The minimum atomic E-state index is -1.23. The van der Waals surface area contributed by atoms with E-state index in [0.717, 1.165) is 49.7 Å². The minimum Gasteiger partial charge on any atom is -0.464 e. The van der Waals surface area contributed by atoms with Crippen LogP contribution in [0.3, 0.4) is 0 Å². The quantitative estimate of drug-likeness (QED) is 0.155. The van der Waals surface area contributed by atoms with E-state index in [4.69, 9.17) is 24.2 Å². The van der Waals surface area contributed by atoms with Crippen LogP contribution in [0.2, 0.25) is 0 Å². The number of carbonyl (C=O) groups excluding carboxylic acids is 4. The highest BCUT2D eigenvalue weighted by Gasteiger charge is 2.53. The van der Waals surface area contributed by atoms with Crippen LogP contribution >= 0.6 is 11.3 Å².